The molecule has 1 saturated carbocycles. The van der Waals surface area contributed by atoms with E-state index in [0.29, 0.717) is 23.1 Å². The maximum Gasteiger partial charge on any atom is 0.340 e. The lowest BCUT2D eigenvalue weighted by Gasteiger charge is -2.34. The highest BCUT2D eigenvalue weighted by Crippen LogP contribution is 2.29. The molecule has 6 heteroatoms. The molecule has 0 unspecified atom stereocenters. The maximum absolute atomic E-state index is 12.5. The molecule has 30 heavy (non-hydrogen) atoms. The summed E-state index contributed by atoms with van der Waals surface area (Å²) in [6.07, 6.45) is 3.21. The first-order valence-electron chi connectivity index (χ1n) is 10.4. The van der Waals surface area contributed by atoms with E-state index in [0.717, 1.165) is 12.8 Å². The molecule has 0 heterocycles. The molecule has 0 bridgehead atoms. The molecule has 158 valence electrons. The first kappa shape index (κ1) is 21.6. The van der Waals surface area contributed by atoms with Crippen LogP contribution in [0.3, 0.4) is 0 Å². The van der Waals surface area contributed by atoms with Crippen LogP contribution in [0.1, 0.15) is 53.8 Å². The number of rotatable bonds is 6. The molecule has 2 amide bonds. The lowest BCUT2D eigenvalue weighted by Crippen LogP contribution is -2.45. The van der Waals surface area contributed by atoms with Gasteiger partial charge in [-0.3, -0.25) is 9.59 Å². The number of carbonyl (C=O) groups is 3. The highest BCUT2D eigenvalue weighted by Gasteiger charge is 2.28. The monoisotopic (exact) mass is 408 g/mol. The van der Waals surface area contributed by atoms with E-state index in [1.807, 2.05) is 6.07 Å². The fourth-order valence-corrected chi connectivity index (χ4v) is 3.80. The van der Waals surface area contributed by atoms with E-state index >= 15 is 0 Å². The number of esters is 1. The van der Waals surface area contributed by atoms with Crippen LogP contribution in [0, 0.1) is 11.8 Å². The Labute approximate surface area is 177 Å². The van der Waals surface area contributed by atoms with Crippen molar-refractivity contribution < 1.29 is 19.1 Å². The number of ether oxygens (including phenoxy) is 1. The number of anilines is 1. The molecule has 2 aromatic rings. The SMILES string of the molecule is C[C@@H]1[C@H](C)CCC[C@H]1NC(=O)COC(=O)c1ccccc1NC(=O)c1ccccc1. The van der Waals surface area contributed by atoms with E-state index in [4.69, 9.17) is 4.74 Å². The predicted molar refractivity (Wildman–Crippen MR) is 115 cm³/mol. The van der Waals surface area contributed by atoms with E-state index in [1.165, 1.54) is 6.42 Å². The Balaban J connectivity index is 1.58. The molecule has 0 aliphatic heterocycles. The Morgan fingerprint density at radius 2 is 1.67 bits per heavy atom. The quantitative estimate of drug-likeness (QED) is 0.707. The summed E-state index contributed by atoms with van der Waals surface area (Å²) >= 11 is 0. The number of benzene rings is 2. The summed E-state index contributed by atoms with van der Waals surface area (Å²) in [6, 6.07) is 15.4. The largest absolute Gasteiger partial charge is 0.452 e. The van der Waals surface area contributed by atoms with Crippen molar-refractivity contribution in [3.63, 3.8) is 0 Å². The van der Waals surface area contributed by atoms with Crippen molar-refractivity contribution in [1.82, 2.24) is 5.32 Å². The van der Waals surface area contributed by atoms with Crippen molar-refractivity contribution in [3.05, 3.63) is 65.7 Å². The third-order valence-corrected chi connectivity index (χ3v) is 5.82. The molecular formula is C24H28N2O4. The summed E-state index contributed by atoms with van der Waals surface area (Å²) in [5, 5.41) is 5.72. The van der Waals surface area contributed by atoms with E-state index in [1.54, 1.807) is 48.5 Å². The number of carbonyl (C=O) groups excluding carboxylic acids is 3. The maximum atomic E-state index is 12.5. The van der Waals surface area contributed by atoms with Crippen LogP contribution < -0.4 is 10.6 Å². The molecule has 2 N–H and O–H groups in total. The zero-order valence-electron chi connectivity index (χ0n) is 17.4. The van der Waals surface area contributed by atoms with Crippen LogP contribution in [0.25, 0.3) is 0 Å². The van der Waals surface area contributed by atoms with Crippen molar-refractivity contribution in [3.8, 4) is 0 Å². The number of hydrogen-bond donors (Lipinski definition) is 2. The summed E-state index contributed by atoms with van der Waals surface area (Å²) < 4.78 is 5.22. The summed E-state index contributed by atoms with van der Waals surface area (Å²) in [4.78, 5) is 37.2. The molecule has 0 spiro atoms. The molecule has 6 nitrogen and oxygen atoms in total. The fourth-order valence-electron chi connectivity index (χ4n) is 3.80. The Kier molecular flexibility index (Phi) is 7.22. The van der Waals surface area contributed by atoms with E-state index < -0.39 is 5.97 Å². The normalized spacial score (nSPS) is 20.8. The number of para-hydroxylation sites is 1. The van der Waals surface area contributed by atoms with Crippen LogP contribution in [0.5, 0.6) is 0 Å². The van der Waals surface area contributed by atoms with E-state index in [-0.39, 0.29) is 30.0 Å². The number of nitrogens with one attached hydrogen (secondary N) is 2. The summed E-state index contributed by atoms with van der Waals surface area (Å²) in [6.45, 7) is 3.99. The lowest BCUT2D eigenvalue weighted by atomic mass is 9.78. The minimum atomic E-state index is -0.654. The van der Waals surface area contributed by atoms with Gasteiger partial charge >= 0.3 is 5.97 Å². The average Bonchev–Trinajstić information content (AvgIpc) is 2.76. The molecule has 3 rings (SSSR count). The van der Waals surface area contributed by atoms with Gasteiger partial charge in [0.05, 0.1) is 11.3 Å². The summed E-state index contributed by atoms with van der Waals surface area (Å²) in [5.74, 6) is -0.327. The fraction of sp³-hybridized carbons (Fsp3) is 0.375. The second-order valence-corrected chi connectivity index (χ2v) is 7.88. The van der Waals surface area contributed by atoms with Crippen molar-refractivity contribution in [2.45, 2.75) is 39.2 Å². The van der Waals surface area contributed by atoms with Crippen LogP contribution in [0.4, 0.5) is 5.69 Å². The Morgan fingerprint density at radius 1 is 0.967 bits per heavy atom. The average molecular weight is 408 g/mol. The van der Waals surface area contributed by atoms with Gasteiger partial charge in [-0.1, -0.05) is 57.0 Å². The van der Waals surface area contributed by atoms with Gasteiger partial charge in [0, 0.05) is 11.6 Å². The molecule has 2 aromatic carbocycles. The third-order valence-electron chi connectivity index (χ3n) is 5.82. The Morgan fingerprint density at radius 3 is 2.43 bits per heavy atom. The van der Waals surface area contributed by atoms with Gasteiger partial charge in [0.15, 0.2) is 6.61 Å². The first-order chi connectivity index (χ1) is 14.5. The van der Waals surface area contributed by atoms with Gasteiger partial charge in [0.2, 0.25) is 0 Å². The van der Waals surface area contributed by atoms with Crippen LogP contribution in [0.2, 0.25) is 0 Å². The molecule has 0 aromatic heterocycles. The minimum Gasteiger partial charge on any atom is -0.452 e. The first-order valence-corrected chi connectivity index (χ1v) is 10.4. The minimum absolute atomic E-state index is 0.109. The molecule has 1 aliphatic rings. The zero-order chi connectivity index (χ0) is 21.5. The molecule has 1 aliphatic carbocycles. The van der Waals surface area contributed by atoms with Crippen LogP contribution in [-0.4, -0.2) is 30.4 Å². The molecular weight excluding hydrogens is 380 g/mol. The number of hydrogen-bond acceptors (Lipinski definition) is 4. The third kappa shape index (κ3) is 5.47. The van der Waals surface area contributed by atoms with E-state index in [9.17, 15) is 14.4 Å². The van der Waals surface area contributed by atoms with Crippen LogP contribution >= 0.6 is 0 Å². The summed E-state index contributed by atoms with van der Waals surface area (Å²) in [5.41, 5.74) is 1.02. The second-order valence-electron chi connectivity index (χ2n) is 7.88. The van der Waals surface area contributed by atoms with Gasteiger partial charge in [-0.25, -0.2) is 4.79 Å². The Hall–Kier alpha value is -3.15. The van der Waals surface area contributed by atoms with Crippen molar-refractivity contribution in [1.29, 1.82) is 0 Å². The standard InChI is InChI=1S/C24H28N2O4/c1-16-9-8-14-20(17(16)2)25-22(27)15-30-24(29)19-12-6-7-13-21(19)26-23(28)18-10-4-3-5-11-18/h3-7,10-13,16-17,20H,8-9,14-15H2,1-2H3,(H,25,27)(H,26,28)/t16-,17-,20-/m1/s1. The van der Waals surface area contributed by atoms with Crippen molar-refractivity contribution >= 4 is 23.5 Å². The zero-order valence-corrected chi connectivity index (χ0v) is 17.4. The van der Waals surface area contributed by atoms with E-state index in [2.05, 4.69) is 24.5 Å². The molecule has 0 radical (unpaired) electrons. The van der Waals surface area contributed by atoms with Gasteiger partial charge in [-0.05, 0) is 42.5 Å². The predicted octanol–water partition coefficient (Wildman–Crippen LogP) is 4.04. The highest BCUT2D eigenvalue weighted by molar-refractivity contribution is 6.08. The second kappa shape index (κ2) is 10.1. The molecule has 1 fully saturated rings. The van der Waals surface area contributed by atoms with Gasteiger partial charge in [0.25, 0.3) is 11.8 Å². The van der Waals surface area contributed by atoms with Crippen LogP contribution in [-0.2, 0) is 9.53 Å². The van der Waals surface area contributed by atoms with Crippen molar-refractivity contribution in [2.24, 2.45) is 11.8 Å². The lowest BCUT2D eigenvalue weighted by molar-refractivity contribution is -0.125. The highest BCUT2D eigenvalue weighted by atomic mass is 16.5. The molecule has 3 atom stereocenters. The topological polar surface area (TPSA) is 84.5 Å². The Bertz CT molecular complexity index is 897. The van der Waals surface area contributed by atoms with Crippen molar-refractivity contribution in [2.75, 3.05) is 11.9 Å². The molecule has 0 saturated heterocycles. The summed E-state index contributed by atoms with van der Waals surface area (Å²) in [7, 11) is 0. The van der Waals surface area contributed by atoms with Gasteiger partial charge in [0.1, 0.15) is 0 Å². The van der Waals surface area contributed by atoms with Gasteiger partial charge < -0.3 is 15.4 Å². The van der Waals surface area contributed by atoms with Gasteiger partial charge in [-0.15, -0.1) is 0 Å². The van der Waals surface area contributed by atoms with Crippen LogP contribution in [0.15, 0.2) is 54.6 Å². The van der Waals surface area contributed by atoms with Gasteiger partial charge in [-0.2, -0.15) is 0 Å². The smallest absolute Gasteiger partial charge is 0.340 e. The number of amides is 2.